The third-order valence-electron chi connectivity index (χ3n) is 4.52. The minimum absolute atomic E-state index is 0.119. The van der Waals surface area contributed by atoms with Crippen LogP contribution >= 0.6 is 0 Å². The molecule has 2 aliphatic rings. The molecule has 142 valence electrons. The molecule has 0 atom stereocenters. The number of hydrogen-bond donors (Lipinski definition) is 1. The zero-order chi connectivity index (χ0) is 18.8. The van der Waals surface area contributed by atoms with E-state index in [1.807, 2.05) is 0 Å². The molecule has 1 spiro atoms. The third-order valence-corrected chi connectivity index (χ3v) is 6.42. The molecule has 0 bridgehead atoms. The molecule has 0 radical (unpaired) electrons. The molecule has 0 saturated carbocycles. The van der Waals surface area contributed by atoms with Crippen LogP contribution in [0.25, 0.3) is 0 Å². The summed E-state index contributed by atoms with van der Waals surface area (Å²) in [6.07, 6.45) is 2.31. The summed E-state index contributed by atoms with van der Waals surface area (Å²) in [6.45, 7) is 5.10. The molecule has 0 aliphatic carbocycles. The van der Waals surface area contributed by atoms with Crippen molar-refractivity contribution in [2.75, 3.05) is 32.8 Å². The third kappa shape index (κ3) is 3.66. The van der Waals surface area contributed by atoms with Crippen LogP contribution in [0.4, 0.5) is 4.39 Å². The van der Waals surface area contributed by atoms with Gasteiger partial charge in [0.2, 0.25) is 10.0 Å². The van der Waals surface area contributed by atoms with E-state index in [9.17, 15) is 17.6 Å². The van der Waals surface area contributed by atoms with E-state index >= 15 is 0 Å². The molecule has 2 fully saturated rings. The van der Waals surface area contributed by atoms with E-state index in [-0.39, 0.29) is 30.1 Å². The normalized spacial score (nSPS) is 20.2. The van der Waals surface area contributed by atoms with E-state index in [1.165, 1.54) is 16.4 Å². The molecule has 2 aliphatic heterocycles. The summed E-state index contributed by atoms with van der Waals surface area (Å²) in [6, 6.07) is 3.22. The minimum atomic E-state index is -3.85. The highest BCUT2D eigenvalue weighted by Crippen LogP contribution is 2.33. The minimum Gasteiger partial charge on any atom is -0.348 e. The van der Waals surface area contributed by atoms with Crippen LogP contribution < -0.4 is 5.32 Å². The van der Waals surface area contributed by atoms with Gasteiger partial charge in [-0.2, -0.15) is 4.31 Å². The lowest BCUT2D eigenvalue weighted by Gasteiger charge is -2.36. The van der Waals surface area contributed by atoms with Crippen LogP contribution in [0.5, 0.6) is 0 Å². The summed E-state index contributed by atoms with van der Waals surface area (Å²) in [5.74, 6) is -2.16. The first-order chi connectivity index (χ1) is 12.4. The first-order valence-corrected chi connectivity index (χ1v) is 9.79. The van der Waals surface area contributed by atoms with Crippen molar-refractivity contribution in [1.29, 1.82) is 0 Å². The van der Waals surface area contributed by atoms with Gasteiger partial charge < -0.3 is 14.8 Å². The number of halogens is 1. The van der Waals surface area contributed by atoms with Gasteiger partial charge in [-0.05, 0) is 18.2 Å². The molecule has 1 N–H and O–H groups in total. The number of piperidine rings is 1. The Balaban J connectivity index is 1.79. The van der Waals surface area contributed by atoms with Gasteiger partial charge in [-0.3, -0.25) is 4.79 Å². The van der Waals surface area contributed by atoms with Crippen LogP contribution in [-0.2, 0) is 19.5 Å². The molecule has 1 aromatic rings. The fraction of sp³-hybridized carbons (Fsp3) is 0.471. The summed E-state index contributed by atoms with van der Waals surface area (Å²) in [5, 5.41) is 2.44. The van der Waals surface area contributed by atoms with Crippen molar-refractivity contribution < 1.29 is 27.1 Å². The van der Waals surface area contributed by atoms with Crippen molar-refractivity contribution in [3.05, 3.63) is 42.2 Å². The molecule has 0 aromatic heterocycles. The van der Waals surface area contributed by atoms with E-state index in [4.69, 9.17) is 9.47 Å². The number of carbonyl (C=O) groups excluding carboxylic acids is 1. The zero-order valence-electron chi connectivity index (χ0n) is 14.2. The summed E-state index contributed by atoms with van der Waals surface area (Å²) in [4.78, 5) is 11.9. The van der Waals surface area contributed by atoms with E-state index < -0.39 is 27.5 Å². The van der Waals surface area contributed by atoms with Crippen molar-refractivity contribution in [3.63, 3.8) is 0 Å². The molecule has 3 rings (SSSR count). The van der Waals surface area contributed by atoms with Gasteiger partial charge in [0.15, 0.2) is 5.79 Å². The van der Waals surface area contributed by atoms with E-state index in [2.05, 4.69) is 11.9 Å². The van der Waals surface area contributed by atoms with Gasteiger partial charge >= 0.3 is 0 Å². The Hall–Kier alpha value is -1.81. The second-order valence-corrected chi connectivity index (χ2v) is 8.09. The predicted molar refractivity (Wildman–Crippen MR) is 91.6 cm³/mol. The van der Waals surface area contributed by atoms with Crippen molar-refractivity contribution in [2.45, 2.75) is 23.5 Å². The topological polar surface area (TPSA) is 84.9 Å². The van der Waals surface area contributed by atoms with Gasteiger partial charge in [-0.25, -0.2) is 12.8 Å². The fourth-order valence-electron chi connectivity index (χ4n) is 3.10. The van der Waals surface area contributed by atoms with E-state index in [1.54, 1.807) is 0 Å². The monoisotopic (exact) mass is 384 g/mol. The maximum atomic E-state index is 13.9. The summed E-state index contributed by atoms with van der Waals surface area (Å²) < 4.78 is 52.2. The Bertz CT molecular complexity index is 795. The molecule has 1 amide bonds. The van der Waals surface area contributed by atoms with Crippen molar-refractivity contribution in [2.24, 2.45) is 0 Å². The first kappa shape index (κ1) is 19.0. The van der Waals surface area contributed by atoms with Gasteiger partial charge in [0.25, 0.3) is 5.91 Å². The number of hydrogen-bond acceptors (Lipinski definition) is 5. The van der Waals surface area contributed by atoms with Crippen LogP contribution in [0.1, 0.15) is 23.2 Å². The van der Waals surface area contributed by atoms with Crippen molar-refractivity contribution >= 4 is 15.9 Å². The smallest absolute Gasteiger partial charge is 0.254 e. The van der Waals surface area contributed by atoms with Crippen LogP contribution in [0, 0.1) is 5.82 Å². The van der Waals surface area contributed by atoms with Crippen LogP contribution in [-0.4, -0.2) is 57.3 Å². The molecule has 2 heterocycles. The Morgan fingerprint density at radius 3 is 2.58 bits per heavy atom. The lowest BCUT2D eigenvalue weighted by molar-refractivity contribution is -0.179. The van der Waals surface area contributed by atoms with Gasteiger partial charge in [0, 0.05) is 32.5 Å². The lowest BCUT2D eigenvalue weighted by atomic mass is 10.1. The maximum Gasteiger partial charge on any atom is 0.254 e. The number of ether oxygens (including phenoxy) is 2. The number of carbonyl (C=O) groups is 1. The highest BCUT2D eigenvalue weighted by molar-refractivity contribution is 7.89. The molecule has 2 saturated heterocycles. The molecule has 9 heteroatoms. The Kier molecular flexibility index (Phi) is 5.42. The molecular weight excluding hydrogens is 363 g/mol. The van der Waals surface area contributed by atoms with Gasteiger partial charge in [-0.15, -0.1) is 6.58 Å². The number of benzene rings is 1. The average Bonchev–Trinajstić information content (AvgIpc) is 3.08. The van der Waals surface area contributed by atoms with E-state index in [0.717, 1.165) is 12.1 Å². The Labute approximate surface area is 151 Å². The summed E-state index contributed by atoms with van der Waals surface area (Å²) in [5.41, 5.74) is -0.316. The molecular formula is C17H21FN2O5S. The molecule has 7 nitrogen and oxygen atoms in total. The number of amides is 1. The maximum absolute atomic E-state index is 13.9. The van der Waals surface area contributed by atoms with Crippen LogP contribution in [0.15, 0.2) is 35.7 Å². The Morgan fingerprint density at radius 2 is 1.96 bits per heavy atom. The lowest BCUT2D eigenvalue weighted by Crippen LogP contribution is -2.47. The highest BCUT2D eigenvalue weighted by Gasteiger charge is 2.42. The number of sulfonamides is 1. The zero-order valence-corrected chi connectivity index (χ0v) is 15.1. The highest BCUT2D eigenvalue weighted by atomic mass is 32.2. The van der Waals surface area contributed by atoms with Gasteiger partial charge in [0.05, 0.1) is 23.7 Å². The number of nitrogens with zero attached hydrogens (tertiary/aromatic N) is 1. The molecule has 26 heavy (non-hydrogen) atoms. The number of rotatable bonds is 5. The summed E-state index contributed by atoms with van der Waals surface area (Å²) >= 11 is 0. The fourth-order valence-corrected chi connectivity index (χ4v) is 4.57. The quantitative estimate of drug-likeness (QED) is 0.773. The predicted octanol–water partition coefficient (Wildman–Crippen LogP) is 1.27. The van der Waals surface area contributed by atoms with Gasteiger partial charge in [0.1, 0.15) is 5.82 Å². The van der Waals surface area contributed by atoms with Crippen molar-refractivity contribution in [3.8, 4) is 0 Å². The molecule has 0 unspecified atom stereocenters. The SMILES string of the molecule is C=CCNC(=O)c1cc(S(=O)(=O)N2CCC3(CC2)OCCO3)ccc1F. The standard InChI is InChI=1S/C17H21FN2O5S/c1-2-7-19-16(21)14-12-13(3-4-15(14)18)26(22,23)20-8-5-17(6-9-20)24-10-11-25-17/h2-4,12H,1,5-11H2,(H,19,21). The largest absolute Gasteiger partial charge is 0.348 e. The summed E-state index contributed by atoms with van der Waals surface area (Å²) in [7, 11) is -3.85. The van der Waals surface area contributed by atoms with Gasteiger partial charge in [-0.1, -0.05) is 6.08 Å². The van der Waals surface area contributed by atoms with Crippen LogP contribution in [0.3, 0.4) is 0 Å². The second-order valence-electron chi connectivity index (χ2n) is 6.15. The second kappa shape index (κ2) is 7.43. The van der Waals surface area contributed by atoms with Crippen molar-refractivity contribution in [1.82, 2.24) is 9.62 Å². The molecule has 1 aromatic carbocycles. The van der Waals surface area contributed by atoms with E-state index in [0.29, 0.717) is 26.1 Å². The Morgan fingerprint density at radius 1 is 1.31 bits per heavy atom. The van der Waals surface area contributed by atoms with Crippen LogP contribution in [0.2, 0.25) is 0 Å². The average molecular weight is 384 g/mol. The first-order valence-electron chi connectivity index (χ1n) is 8.35. The number of nitrogens with one attached hydrogen (secondary N) is 1.